The summed E-state index contributed by atoms with van der Waals surface area (Å²) in [6.07, 6.45) is 2.73. The van der Waals surface area contributed by atoms with E-state index in [2.05, 4.69) is 13.8 Å². The highest BCUT2D eigenvalue weighted by atomic mass is 35.5. The van der Waals surface area contributed by atoms with Gasteiger partial charge in [-0.25, -0.2) is 0 Å². The molecule has 17 heavy (non-hydrogen) atoms. The van der Waals surface area contributed by atoms with Crippen LogP contribution in [0.3, 0.4) is 0 Å². The molecule has 3 N–H and O–H groups in total. The molecule has 1 rings (SSSR count). The van der Waals surface area contributed by atoms with Gasteiger partial charge in [0, 0.05) is 19.7 Å². The first-order valence-corrected chi connectivity index (χ1v) is 6.19. The van der Waals surface area contributed by atoms with Crippen LogP contribution in [0.25, 0.3) is 0 Å². The van der Waals surface area contributed by atoms with E-state index in [1.165, 1.54) is 0 Å². The molecular weight excluding hydrogens is 240 g/mol. The summed E-state index contributed by atoms with van der Waals surface area (Å²) in [5.41, 5.74) is 5.88. The number of hydrogen-bond donors (Lipinski definition) is 2. The molecule has 0 aromatic rings. The Bertz CT molecular complexity index is 237. The number of hydrogen-bond acceptors (Lipinski definition) is 3. The van der Waals surface area contributed by atoms with Crippen molar-refractivity contribution in [1.29, 1.82) is 0 Å². The molecule has 0 aromatic carbocycles. The van der Waals surface area contributed by atoms with Crippen molar-refractivity contribution in [1.82, 2.24) is 4.90 Å². The van der Waals surface area contributed by atoms with Gasteiger partial charge >= 0.3 is 0 Å². The van der Waals surface area contributed by atoms with Crippen molar-refractivity contribution in [2.75, 3.05) is 19.7 Å². The van der Waals surface area contributed by atoms with Gasteiger partial charge in [0.1, 0.15) is 0 Å². The van der Waals surface area contributed by atoms with Crippen molar-refractivity contribution in [3.8, 4) is 0 Å². The first-order valence-electron chi connectivity index (χ1n) is 6.19. The molecule has 102 valence electrons. The zero-order chi connectivity index (χ0) is 12.1. The van der Waals surface area contributed by atoms with E-state index in [9.17, 15) is 4.79 Å². The van der Waals surface area contributed by atoms with E-state index in [4.69, 9.17) is 10.8 Å². The molecule has 1 amide bonds. The molecule has 0 spiro atoms. The fraction of sp³-hybridized carbons (Fsp3) is 0.917. The molecule has 1 heterocycles. The van der Waals surface area contributed by atoms with E-state index in [1.807, 2.05) is 4.90 Å². The van der Waals surface area contributed by atoms with Crippen molar-refractivity contribution in [3.63, 3.8) is 0 Å². The molecule has 1 aliphatic rings. The van der Waals surface area contributed by atoms with Gasteiger partial charge < -0.3 is 15.7 Å². The molecule has 0 aromatic heterocycles. The summed E-state index contributed by atoms with van der Waals surface area (Å²) in [6.45, 7) is 5.77. The number of piperidine rings is 1. The van der Waals surface area contributed by atoms with Gasteiger partial charge in [0.2, 0.25) is 5.91 Å². The highest BCUT2D eigenvalue weighted by Crippen LogP contribution is 2.17. The number of amides is 1. The second kappa shape index (κ2) is 7.90. The third-order valence-electron chi connectivity index (χ3n) is 3.13. The van der Waals surface area contributed by atoms with Gasteiger partial charge in [-0.05, 0) is 31.1 Å². The lowest BCUT2D eigenvalue weighted by Gasteiger charge is -2.33. The third-order valence-corrected chi connectivity index (χ3v) is 3.13. The van der Waals surface area contributed by atoms with Gasteiger partial charge in [0.25, 0.3) is 0 Å². The summed E-state index contributed by atoms with van der Waals surface area (Å²) in [7, 11) is 0. The second-order valence-electron chi connectivity index (χ2n) is 5.21. The van der Waals surface area contributed by atoms with Gasteiger partial charge in [0.05, 0.1) is 6.04 Å². The third kappa shape index (κ3) is 5.23. The number of carbonyl (C=O) groups is 1. The maximum Gasteiger partial charge on any atom is 0.239 e. The van der Waals surface area contributed by atoms with Crippen LogP contribution in [0.2, 0.25) is 0 Å². The monoisotopic (exact) mass is 264 g/mol. The predicted molar refractivity (Wildman–Crippen MR) is 71.1 cm³/mol. The van der Waals surface area contributed by atoms with Crippen molar-refractivity contribution in [2.45, 2.75) is 39.2 Å². The maximum atomic E-state index is 12.0. The quantitative estimate of drug-likeness (QED) is 0.797. The smallest absolute Gasteiger partial charge is 0.239 e. The first-order chi connectivity index (χ1) is 7.54. The Hall–Kier alpha value is -0.320. The molecule has 0 aliphatic carbocycles. The van der Waals surface area contributed by atoms with E-state index < -0.39 is 0 Å². The average molecular weight is 265 g/mol. The highest BCUT2D eigenvalue weighted by Gasteiger charge is 2.26. The maximum absolute atomic E-state index is 12.0. The minimum atomic E-state index is -0.377. The molecule has 0 saturated carbocycles. The number of halogens is 1. The average Bonchev–Trinajstić information content (AvgIpc) is 2.27. The normalized spacial score (nSPS) is 22.2. The number of aliphatic hydroxyl groups excluding tert-OH is 1. The Balaban J connectivity index is 0.00000256. The fourth-order valence-corrected chi connectivity index (χ4v) is 2.26. The van der Waals surface area contributed by atoms with Crippen molar-refractivity contribution >= 4 is 18.3 Å². The Morgan fingerprint density at radius 3 is 2.71 bits per heavy atom. The van der Waals surface area contributed by atoms with Crippen LogP contribution in [0, 0.1) is 11.8 Å². The lowest BCUT2D eigenvalue weighted by atomic mass is 9.97. The number of aliphatic hydroxyl groups is 1. The van der Waals surface area contributed by atoms with E-state index in [-0.39, 0.29) is 36.9 Å². The Morgan fingerprint density at radius 1 is 1.53 bits per heavy atom. The fourth-order valence-electron chi connectivity index (χ4n) is 2.26. The van der Waals surface area contributed by atoms with Crippen LogP contribution in [0.15, 0.2) is 0 Å². The predicted octanol–water partition coefficient (Wildman–Crippen LogP) is 1.01. The van der Waals surface area contributed by atoms with Crippen molar-refractivity contribution in [2.24, 2.45) is 17.6 Å². The number of nitrogens with two attached hydrogens (primary N) is 1. The molecule has 0 bridgehead atoms. The van der Waals surface area contributed by atoms with E-state index in [0.29, 0.717) is 12.5 Å². The summed E-state index contributed by atoms with van der Waals surface area (Å²) in [4.78, 5) is 13.8. The van der Waals surface area contributed by atoms with Crippen LogP contribution in [0.1, 0.15) is 33.1 Å². The van der Waals surface area contributed by atoms with Crippen molar-refractivity contribution < 1.29 is 9.90 Å². The number of rotatable bonds is 4. The van der Waals surface area contributed by atoms with Crippen LogP contribution in [0.4, 0.5) is 0 Å². The van der Waals surface area contributed by atoms with Crippen LogP contribution < -0.4 is 5.73 Å². The summed E-state index contributed by atoms with van der Waals surface area (Å²) < 4.78 is 0. The Kier molecular flexibility index (Phi) is 7.75. The lowest BCUT2D eigenvalue weighted by molar-refractivity contribution is -0.135. The van der Waals surface area contributed by atoms with Gasteiger partial charge in [-0.2, -0.15) is 0 Å². The largest absolute Gasteiger partial charge is 0.396 e. The second-order valence-corrected chi connectivity index (χ2v) is 5.21. The van der Waals surface area contributed by atoms with E-state index in [0.717, 1.165) is 25.8 Å². The molecule has 1 fully saturated rings. The molecule has 4 nitrogen and oxygen atoms in total. The summed E-state index contributed by atoms with van der Waals surface area (Å²) >= 11 is 0. The van der Waals surface area contributed by atoms with Crippen LogP contribution in [-0.2, 0) is 4.79 Å². The van der Waals surface area contributed by atoms with Crippen molar-refractivity contribution in [3.05, 3.63) is 0 Å². The van der Waals surface area contributed by atoms with E-state index in [1.54, 1.807) is 0 Å². The minimum absolute atomic E-state index is 0. The van der Waals surface area contributed by atoms with Gasteiger partial charge in [-0.1, -0.05) is 13.8 Å². The SMILES string of the molecule is CC(C)C[C@H](N)C(=O)N1CCCC(CO)C1.Cl. The topological polar surface area (TPSA) is 66.6 Å². The Labute approximate surface area is 110 Å². The molecule has 1 aliphatic heterocycles. The molecule has 2 atom stereocenters. The Morgan fingerprint density at radius 2 is 2.18 bits per heavy atom. The molecule has 1 saturated heterocycles. The van der Waals surface area contributed by atoms with Crippen LogP contribution in [-0.4, -0.2) is 41.7 Å². The van der Waals surface area contributed by atoms with Crippen LogP contribution in [0.5, 0.6) is 0 Å². The number of likely N-dealkylation sites (tertiary alicyclic amines) is 1. The minimum Gasteiger partial charge on any atom is -0.396 e. The number of carbonyl (C=O) groups excluding carboxylic acids is 1. The molecule has 1 unspecified atom stereocenters. The number of nitrogens with zero attached hydrogens (tertiary/aromatic N) is 1. The summed E-state index contributed by atoms with van der Waals surface area (Å²) in [5, 5.41) is 9.11. The molecule has 0 radical (unpaired) electrons. The first kappa shape index (κ1) is 16.7. The molecular formula is C12H25ClN2O2. The van der Waals surface area contributed by atoms with Crippen LogP contribution >= 0.6 is 12.4 Å². The molecule has 5 heteroatoms. The van der Waals surface area contributed by atoms with Gasteiger partial charge in [-0.3, -0.25) is 4.79 Å². The summed E-state index contributed by atoms with van der Waals surface area (Å²) in [5.74, 6) is 0.730. The highest BCUT2D eigenvalue weighted by molar-refractivity contribution is 5.85. The van der Waals surface area contributed by atoms with E-state index >= 15 is 0 Å². The summed E-state index contributed by atoms with van der Waals surface area (Å²) in [6, 6.07) is -0.377. The standard InChI is InChI=1S/C12H24N2O2.ClH/c1-9(2)6-11(13)12(16)14-5-3-4-10(7-14)8-15;/h9-11,15H,3-8,13H2,1-2H3;1H/t10?,11-;/m0./s1. The lowest BCUT2D eigenvalue weighted by Crippen LogP contribution is -2.48. The zero-order valence-electron chi connectivity index (χ0n) is 10.8. The zero-order valence-corrected chi connectivity index (χ0v) is 11.6. The van der Waals surface area contributed by atoms with Gasteiger partial charge in [0.15, 0.2) is 0 Å². The van der Waals surface area contributed by atoms with Gasteiger partial charge in [-0.15, -0.1) is 12.4 Å².